The lowest BCUT2D eigenvalue weighted by Crippen LogP contribution is -2.20. The predicted molar refractivity (Wildman–Crippen MR) is 64.9 cm³/mol. The van der Waals surface area contributed by atoms with Gasteiger partial charge >= 0.3 is 0 Å². The van der Waals surface area contributed by atoms with Gasteiger partial charge in [0.15, 0.2) is 0 Å². The van der Waals surface area contributed by atoms with Crippen molar-refractivity contribution in [2.24, 2.45) is 13.0 Å². The first kappa shape index (κ1) is 11.9. The minimum Gasteiger partial charge on any atom is -0.394 e. The van der Waals surface area contributed by atoms with Gasteiger partial charge in [0.1, 0.15) is 5.82 Å². The number of anilines is 2. The number of nitrogen functional groups attached to an aromatic ring is 1. The van der Waals surface area contributed by atoms with Gasteiger partial charge in [-0.15, -0.1) is 0 Å². The lowest BCUT2D eigenvalue weighted by atomic mass is 10.1. The quantitative estimate of drug-likeness (QED) is 0.800. The van der Waals surface area contributed by atoms with Crippen molar-refractivity contribution in [2.45, 2.75) is 40.2 Å². The van der Waals surface area contributed by atoms with Crippen LogP contribution in [-0.4, -0.2) is 15.8 Å². The molecule has 1 aromatic rings. The molecule has 0 aliphatic rings. The van der Waals surface area contributed by atoms with Crippen molar-refractivity contribution < 1.29 is 0 Å². The van der Waals surface area contributed by atoms with E-state index in [1.54, 1.807) is 0 Å². The van der Waals surface area contributed by atoms with Crippen molar-refractivity contribution in [1.29, 1.82) is 0 Å². The van der Waals surface area contributed by atoms with E-state index >= 15 is 0 Å². The lowest BCUT2D eigenvalue weighted by Gasteiger charge is -2.17. The molecule has 1 atom stereocenters. The summed E-state index contributed by atoms with van der Waals surface area (Å²) in [6.45, 7) is 8.53. The van der Waals surface area contributed by atoms with Crippen molar-refractivity contribution >= 4 is 11.5 Å². The Balaban J connectivity index is 2.71. The number of aryl methyl sites for hydroxylation is 2. The first-order valence-corrected chi connectivity index (χ1v) is 5.47. The van der Waals surface area contributed by atoms with Crippen molar-refractivity contribution in [3.8, 4) is 0 Å². The smallest absolute Gasteiger partial charge is 0.147 e. The molecule has 4 nitrogen and oxygen atoms in total. The van der Waals surface area contributed by atoms with Crippen molar-refractivity contribution in [2.75, 3.05) is 11.1 Å². The predicted octanol–water partition coefficient (Wildman–Crippen LogP) is 2.16. The van der Waals surface area contributed by atoms with Crippen LogP contribution in [0.25, 0.3) is 0 Å². The number of aromatic nitrogens is 2. The molecule has 0 fully saturated rings. The third-order valence-electron chi connectivity index (χ3n) is 2.48. The maximum Gasteiger partial charge on any atom is 0.147 e. The molecule has 0 aliphatic carbocycles. The highest BCUT2D eigenvalue weighted by atomic mass is 15.3. The number of hydrogen-bond donors (Lipinski definition) is 2. The molecule has 15 heavy (non-hydrogen) atoms. The monoisotopic (exact) mass is 210 g/mol. The Labute approximate surface area is 91.8 Å². The molecule has 0 saturated carbocycles. The van der Waals surface area contributed by atoms with Crippen LogP contribution < -0.4 is 11.1 Å². The minimum absolute atomic E-state index is 0.419. The second-order valence-electron chi connectivity index (χ2n) is 4.65. The molecule has 0 aromatic carbocycles. The first-order chi connectivity index (χ1) is 6.91. The third-order valence-corrected chi connectivity index (χ3v) is 2.48. The zero-order valence-electron chi connectivity index (χ0n) is 10.3. The minimum atomic E-state index is 0.419. The van der Waals surface area contributed by atoms with Crippen LogP contribution in [0.3, 0.4) is 0 Å². The van der Waals surface area contributed by atoms with E-state index in [2.05, 4.69) is 31.2 Å². The Hall–Kier alpha value is -1.19. The van der Waals surface area contributed by atoms with Gasteiger partial charge in [0.2, 0.25) is 0 Å². The number of rotatable bonds is 4. The van der Waals surface area contributed by atoms with Crippen LogP contribution >= 0.6 is 0 Å². The fourth-order valence-corrected chi connectivity index (χ4v) is 1.85. The Morgan fingerprint density at radius 3 is 2.40 bits per heavy atom. The summed E-state index contributed by atoms with van der Waals surface area (Å²) < 4.78 is 1.81. The van der Waals surface area contributed by atoms with Gasteiger partial charge in [0, 0.05) is 13.1 Å². The van der Waals surface area contributed by atoms with Crippen LogP contribution in [0.4, 0.5) is 11.5 Å². The number of hydrogen-bond acceptors (Lipinski definition) is 3. The van der Waals surface area contributed by atoms with Gasteiger partial charge in [-0.3, -0.25) is 4.68 Å². The molecular formula is C11H22N4. The standard InChI is InChI=1S/C11H22N4/c1-7(2)6-8(3)13-11-10(12)9(4)14-15(11)5/h7-8,13H,6,12H2,1-5H3. The summed E-state index contributed by atoms with van der Waals surface area (Å²) in [5.41, 5.74) is 7.58. The Morgan fingerprint density at radius 2 is 2.00 bits per heavy atom. The van der Waals surface area contributed by atoms with Crippen LogP contribution in [0.5, 0.6) is 0 Å². The van der Waals surface area contributed by atoms with E-state index in [0.717, 1.165) is 23.6 Å². The van der Waals surface area contributed by atoms with Crippen LogP contribution in [0, 0.1) is 12.8 Å². The second-order valence-corrected chi connectivity index (χ2v) is 4.65. The van der Waals surface area contributed by atoms with Gasteiger partial charge in [-0.05, 0) is 26.2 Å². The topological polar surface area (TPSA) is 55.9 Å². The van der Waals surface area contributed by atoms with Crippen LogP contribution in [0.2, 0.25) is 0 Å². The zero-order valence-corrected chi connectivity index (χ0v) is 10.3. The van der Waals surface area contributed by atoms with Crippen molar-refractivity contribution in [1.82, 2.24) is 9.78 Å². The van der Waals surface area contributed by atoms with E-state index in [4.69, 9.17) is 5.73 Å². The SMILES string of the molecule is Cc1nn(C)c(NC(C)CC(C)C)c1N. The average molecular weight is 210 g/mol. The summed E-state index contributed by atoms with van der Waals surface area (Å²) in [4.78, 5) is 0. The molecule has 1 heterocycles. The van der Waals surface area contributed by atoms with E-state index in [1.165, 1.54) is 0 Å². The van der Waals surface area contributed by atoms with Crippen LogP contribution in [-0.2, 0) is 7.05 Å². The largest absolute Gasteiger partial charge is 0.394 e. The maximum atomic E-state index is 5.94. The fourth-order valence-electron chi connectivity index (χ4n) is 1.85. The second kappa shape index (κ2) is 4.55. The van der Waals surface area contributed by atoms with Gasteiger partial charge in [0.05, 0.1) is 11.4 Å². The lowest BCUT2D eigenvalue weighted by molar-refractivity contribution is 0.536. The van der Waals surface area contributed by atoms with E-state index < -0.39 is 0 Å². The highest BCUT2D eigenvalue weighted by Gasteiger charge is 2.12. The molecule has 1 aromatic heterocycles. The molecule has 1 unspecified atom stereocenters. The normalized spacial score (nSPS) is 13.2. The van der Waals surface area contributed by atoms with Crippen LogP contribution in [0.15, 0.2) is 0 Å². The molecule has 3 N–H and O–H groups in total. The summed E-state index contributed by atoms with van der Waals surface area (Å²) in [6.07, 6.45) is 1.13. The Morgan fingerprint density at radius 1 is 1.40 bits per heavy atom. The molecule has 1 rings (SSSR count). The highest BCUT2D eigenvalue weighted by molar-refractivity contribution is 5.64. The van der Waals surface area contributed by atoms with Gasteiger partial charge in [0.25, 0.3) is 0 Å². The van der Waals surface area contributed by atoms with E-state index in [1.807, 2.05) is 18.7 Å². The Bertz CT molecular complexity index is 328. The Kier molecular flexibility index (Phi) is 3.61. The molecule has 0 amide bonds. The van der Waals surface area contributed by atoms with Gasteiger partial charge < -0.3 is 11.1 Å². The van der Waals surface area contributed by atoms with Gasteiger partial charge in [-0.2, -0.15) is 5.10 Å². The van der Waals surface area contributed by atoms with E-state index in [-0.39, 0.29) is 0 Å². The summed E-state index contributed by atoms with van der Waals surface area (Å²) in [6, 6.07) is 0.419. The van der Waals surface area contributed by atoms with Crippen molar-refractivity contribution in [3.05, 3.63) is 5.69 Å². The fraction of sp³-hybridized carbons (Fsp3) is 0.727. The summed E-state index contributed by atoms with van der Waals surface area (Å²) in [7, 11) is 1.91. The van der Waals surface area contributed by atoms with Crippen LogP contribution in [0.1, 0.15) is 32.9 Å². The van der Waals surface area contributed by atoms with Gasteiger partial charge in [-0.1, -0.05) is 13.8 Å². The molecular weight excluding hydrogens is 188 g/mol. The summed E-state index contributed by atoms with van der Waals surface area (Å²) in [5.74, 6) is 1.61. The first-order valence-electron chi connectivity index (χ1n) is 5.47. The number of nitrogens with one attached hydrogen (secondary N) is 1. The molecule has 0 spiro atoms. The van der Waals surface area contributed by atoms with Crippen molar-refractivity contribution in [3.63, 3.8) is 0 Å². The van der Waals surface area contributed by atoms with Gasteiger partial charge in [-0.25, -0.2) is 0 Å². The molecule has 0 radical (unpaired) electrons. The summed E-state index contributed by atoms with van der Waals surface area (Å²) >= 11 is 0. The third kappa shape index (κ3) is 2.88. The molecule has 4 heteroatoms. The number of nitrogens with zero attached hydrogens (tertiary/aromatic N) is 2. The molecule has 0 bridgehead atoms. The molecule has 0 aliphatic heterocycles. The van der Waals surface area contributed by atoms with E-state index in [9.17, 15) is 0 Å². The average Bonchev–Trinajstić information content (AvgIpc) is 2.31. The van der Waals surface area contributed by atoms with E-state index in [0.29, 0.717) is 12.0 Å². The molecule has 86 valence electrons. The highest BCUT2D eigenvalue weighted by Crippen LogP contribution is 2.22. The zero-order chi connectivity index (χ0) is 11.6. The maximum absolute atomic E-state index is 5.94. The number of nitrogens with two attached hydrogens (primary N) is 1. The summed E-state index contributed by atoms with van der Waals surface area (Å²) in [5, 5.41) is 7.68. The molecule has 0 saturated heterocycles.